The molecule has 0 aromatic carbocycles. The SMILES string of the molecule is CC(C)NC1(C#N)CCCC1CCSCC1CCCO1. The maximum absolute atomic E-state index is 9.63. The third-order valence-electron chi connectivity index (χ3n) is 4.50. The lowest BCUT2D eigenvalue weighted by molar-refractivity contribution is 0.129. The minimum absolute atomic E-state index is 0.265. The molecule has 2 rings (SSSR count). The van der Waals surface area contributed by atoms with Gasteiger partial charge in [-0.15, -0.1) is 0 Å². The fourth-order valence-electron chi connectivity index (χ4n) is 3.57. The van der Waals surface area contributed by atoms with Crippen LogP contribution in [0, 0.1) is 17.2 Å². The van der Waals surface area contributed by atoms with Gasteiger partial charge in [0, 0.05) is 18.4 Å². The van der Waals surface area contributed by atoms with Gasteiger partial charge in [-0.3, -0.25) is 5.32 Å². The van der Waals surface area contributed by atoms with Crippen LogP contribution in [0.2, 0.25) is 0 Å². The van der Waals surface area contributed by atoms with E-state index in [1.165, 1.54) is 25.7 Å². The molecule has 1 aliphatic carbocycles. The Morgan fingerprint density at radius 1 is 1.40 bits per heavy atom. The maximum Gasteiger partial charge on any atom is 0.109 e. The van der Waals surface area contributed by atoms with Gasteiger partial charge in [0.2, 0.25) is 0 Å². The first-order chi connectivity index (χ1) is 9.66. The first-order valence-corrected chi connectivity index (χ1v) is 9.20. The highest BCUT2D eigenvalue weighted by atomic mass is 32.2. The Bertz CT molecular complexity index is 336. The molecule has 0 aromatic heterocycles. The molecule has 1 N–H and O–H groups in total. The van der Waals surface area contributed by atoms with Crippen molar-refractivity contribution in [3.05, 3.63) is 0 Å². The van der Waals surface area contributed by atoms with Crippen LogP contribution in [0.3, 0.4) is 0 Å². The molecule has 1 aliphatic heterocycles. The van der Waals surface area contributed by atoms with E-state index in [0.29, 0.717) is 18.1 Å². The molecule has 0 radical (unpaired) electrons. The molecule has 114 valence electrons. The number of ether oxygens (including phenoxy) is 1. The Morgan fingerprint density at radius 2 is 2.25 bits per heavy atom. The van der Waals surface area contributed by atoms with Crippen LogP contribution in [0.4, 0.5) is 0 Å². The highest BCUT2D eigenvalue weighted by molar-refractivity contribution is 7.99. The van der Waals surface area contributed by atoms with Crippen LogP contribution in [-0.2, 0) is 4.74 Å². The van der Waals surface area contributed by atoms with Crippen LogP contribution >= 0.6 is 11.8 Å². The first kappa shape index (κ1) is 16.1. The number of hydrogen-bond donors (Lipinski definition) is 1. The molecule has 1 heterocycles. The van der Waals surface area contributed by atoms with Crippen molar-refractivity contribution < 1.29 is 4.74 Å². The lowest BCUT2D eigenvalue weighted by Crippen LogP contribution is -2.50. The Morgan fingerprint density at radius 3 is 2.90 bits per heavy atom. The van der Waals surface area contributed by atoms with Crippen molar-refractivity contribution >= 4 is 11.8 Å². The zero-order chi connectivity index (χ0) is 14.4. The number of nitriles is 1. The van der Waals surface area contributed by atoms with E-state index in [-0.39, 0.29) is 5.54 Å². The summed E-state index contributed by atoms with van der Waals surface area (Å²) in [6.45, 7) is 5.23. The van der Waals surface area contributed by atoms with E-state index in [9.17, 15) is 5.26 Å². The Kier molecular flexibility index (Phi) is 6.20. The van der Waals surface area contributed by atoms with Crippen LogP contribution < -0.4 is 5.32 Å². The van der Waals surface area contributed by atoms with Gasteiger partial charge in [-0.2, -0.15) is 17.0 Å². The Labute approximate surface area is 127 Å². The van der Waals surface area contributed by atoms with Gasteiger partial charge < -0.3 is 4.74 Å². The summed E-state index contributed by atoms with van der Waals surface area (Å²) in [7, 11) is 0. The van der Waals surface area contributed by atoms with Gasteiger partial charge >= 0.3 is 0 Å². The summed E-state index contributed by atoms with van der Waals surface area (Å²) < 4.78 is 5.65. The zero-order valence-corrected chi connectivity index (χ0v) is 13.7. The number of nitrogens with one attached hydrogen (secondary N) is 1. The summed E-state index contributed by atoms with van der Waals surface area (Å²) in [6, 6.07) is 2.98. The fourth-order valence-corrected chi connectivity index (χ4v) is 4.71. The normalized spacial score (nSPS) is 33.7. The third kappa shape index (κ3) is 4.13. The average Bonchev–Trinajstić information content (AvgIpc) is 3.04. The quantitative estimate of drug-likeness (QED) is 0.732. The monoisotopic (exact) mass is 296 g/mol. The highest BCUT2D eigenvalue weighted by Crippen LogP contribution is 2.38. The van der Waals surface area contributed by atoms with Crippen LogP contribution in [0.1, 0.15) is 52.4 Å². The smallest absolute Gasteiger partial charge is 0.109 e. The maximum atomic E-state index is 9.63. The minimum Gasteiger partial charge on any atom is -0.377 e. The van der Waals surface area contributed by atoms with Gasteiger partial charge in [-0.25, -0.2) is 0 Å². The van der Waals surface area contributed by atoms with Gasteiger partial charge in [0.15, 0.2) is 0 Å². The van der Waals surface area contributed by atoms with Gasteiger partial charge in [0.05, 0.1) is 12.2 Å². The van der Waals surface area contributed by atoms with Gasteiger partial charge in [-0.05, 0) is 57.6 Å². The topological polar surface area (TPSA) is 45.0 Å². The van der Waals surface area contributed by atoms with Crippen molar-refractivity contribution in [2.24, 2.45) is 5.92 Å². The van der Waals surface area contributed by atoms with Crippen LogP contribution in [0.25, 0.3) is 0 Å². The Hall–Kier alpha value is -0.240. The lowest BCUT2D eigenvalue weighted by Gasteiger charge is -2.32. The van der Waals surface area contributed by atoms with E-state index in [1.54, 1.807) is 0 Å². The lowest BCUT2D eigenvalue weighted by atomic mass is 9.86. The zero-order valence-electron chi connectivity index (χ0n) is 12.9. The molecule has 0 spiro atoms. The summed E-state index contributed by atoms with van der Waals surface area (Å²) >= 11 is 2.01. The molecule has 2 fully saturated rings. The second kappa shape index (κ2) is 7.68. The molecule has 3 atom stereocenters. The summed E-state index contributed by atoms with van der Waals surface area (Å²) in [4.78, 5) is 0. The fraction of sp³-hybridized carbons (Fsp3) is 0.938. The molecule has 0 bridgehead atoms. The van der Waals surface area contributed by atoms with Crippen LogP contribution in [0.15, 0.2) is 0 Å². The van der Waals surface area contributed by atoms with Crippen molar-refractivity contribution in [1.82, 2.24) is 5.32 Å². The predicted octanol–water partition coefficient (Wildman–Crippen LogP) is 3.35. The molecule has 3 unspecified atom stereocenters. The van der Waals surface area contributed by atoms with E-state index < -0.39 is 0 Å². The van der Waals surface area contributed by atoms with Gasteiger partial charge in [0.25, 0.3) is 0 Å². The van der Waals surface area contributed by atoms with Crippen molar-refractivity contribution in [2.45, 2.75) is 70.1 Å². The van der Waals surface area contributed by atoms with Gasteiger partial charge in [0.1, 0.15) is 5.54 Å². The molecule has 4 heteroatoms. The predicted molar refractivity (Wildman–Crippen MR) is 84.9 cm³/mol. The first-order valence-electron chi connectivity index (χ1n) is 8.04. The molecule has 3 nitrogen and oxygen atoms in total. The van der Waals surface area contributed by atoms with E-state index in [4.69, 9.17) is 4.74 Å². The second-order valence-electron chi connectivity index (χ2n) is 6.47. The summed E-state index contributed by atoms with van der Waals surface area (Å²) in [5, 5.41) is 13.2. The molecule has 0 amide bonds. The average molecular weight is 296 g/mol. The second-order valence-corrected chi connectivity index (χ2v) is 7.62. The van der Waals surface area contributed by atoms with Crippen molar-refractivity contribution in [3.8, 4) is 6.07 Å². The number of hydrogen-bond acceptors (Lipinski definition) is 4. The largest absolute Gasteiger partial charge is 0.377 e. The molecule has 0 aromatic rings. The van der Waals surface area contributed by atoms with Crippen molar-refractivity contribution in [3.63, 3.8) is 0 Å². The summed E-state index contributed by atoms with van der Waals surface area (Å²) in [6.07, 6.45) is 7.50. The van der Waals surface area contributed by atoms with Crippen molar-refractivity contribution in [2.75, 3.05) is 18.1 Å². The molecular weight excluding hydrogens is 268 g/mol. The van der Waals surface area contributed by atoms with E-state index >= 15 is 0 Å². The minimum atomic E-state index is -0.265. The molecule has 1 saturated carbocycles. The van der Waals surface area contributed by atoms with E-state index in [2.05, 4.69) is 25.2 Å². The molecule has 2 aliphatic rings. The standard InChI is InChI=1S/C16H28N2OS/c1-13(2)18-16(12-17)8-3-5-14(16)7-10-20-11-15-6-4-9-19-15/h13-15,18H,3-11H2,1-2H3. The van der Waals surface area contributed by atoms with E-state index in [1.807, 2.05) is 11.8 Å². The van der Waals surface area contributed by atoms with Crippen LogP contribution in [0.5, 0.6) is 0 Å². The van der Waals surface area contributed by atoms with Crippen LogP contribution in [-0.4, -0.2) is 35.8 Å². The Balaban J connectivity index is 1.74. The summed E-state index contributed by atoms with van der Waals surface area (Å²) in [5.74, 6) is 2.81. The van der Waals surface area contributed by atoms with Crippen molar-refractivity contribution in [1.29, 1.82) is 5.26 Å². The number of rotatable bonds is 7. The molecular formula is C16H28N2OS. The van der Waals surface area contributed by atoms with E-state index in [0.717, 1.165) is 31.0 Å². The number of thioether (sulfide) groups is 1. The number of nitrogens with zero attached hydrogens (tertiary/aromatic N) is 1. The highest BCUT2D eigenvalue weighted by Gasteiger charge is 2.42. The molecule has 1 saturated heterocycles. The van der Waals surface area contributed by atoms with Gasteiger partial charge in [-0.1, -0.05) is 6.42 Å². The third-order valence-corrected chi connectivity index (χ3v) is 5.64. The summed E-state index contributed by atoms with van der Waals surface area (Å²) in [5.41, 5.74) is -0.265. The molecule has 20 heavy (non-hydrogen) atoms.